The van der Waals surface area contributed by atoms with Gasteiger partial charge in [-0.2, -0.15) is 5.10 Å². The van der Waals surface area contributed by atoms with Crippen molar-refractivity contribution in [3.8, 4) is 11.3 Å². The van der Waals surface area contributed by atoms with E-state index >= 15 is 0 Å². The standard InChI is InChI=1S/C15H12N4O/c20-15(19-13-9-17-18-10-13)12-6-4-11(5-7-12)14-3-1-2-8-16-14/h1-10H,(H,17,18)(H,19,20). The Hall–Kier alpha value is -2.95. The Balaban J connectivity index is 1.78. The van der Waals surface area contributed by atoms with Crippen molar-refractivity contribution in [2.75, 3.05) is 5.32 Å². The van der Waals surface area contributed by atoms with E-state index in [1.165, 1.54) is 0 Å². The average molecular weight is 264 g/mol. The topological polar surface area (TPSA) is 70.7 Å². The summed E-state index contributed by atoms with van der Waals surface area (Å²) in [6, 6.07) is 13.1. The van der Waals surface area contributed by atoms with E-state index in [0.29, 0.717) is 11.3 Å². The molecule has 0 aliphatic heterocycles. The zero-order valence-corrected chi connectivity index (χ0v) is 10.6. The summed E-state index contributed by atoms with van der Waals surface area (Å²) < 4.78 is 0. The molecule has 5 heteroatoms. The lowest BCUT2D eigenvalue weighted by Crippen LogP contribution is -2.11. The monoisotopic (exact) mass is 264 g/mol. The maximum Gasteiger partial charge on any atom is 0.255 e. The Kier molecular flexibility index (Phi) is 3.24. The Morgan fingerprint density at radius 2 is 1.95 bits per heavy atom. The van der Waals surface area contributed by atoms with Gasteiger partial charge >= 0.3 is 0 Å². The van der Waals surface area contributed by atoms with E-state index in [1.54, 1.807) is 30.7 Å². The van der Waals surface area contributed by atoms with Crippen LogP contribution in [-0.2, 0) is 0 Å². The molecule has 0 spiro atoms. The molecule has 0 atom stereocenters. The number of anilines is 1. The highest BCUT2D eigenvalue weighted by molar-refractivity contribution is 6.04. The number of H-pyrrole nitrogens is 1. The van der Waals surface area contributed by atoms with Crippen LogP contribution in [0.5, 0.6) is 0 Å². The molecule has 0 bridgehead atoms. The highest BCUT2D eigenvalue weighted by atomic mass is 16.1. The van der Waals surface area contributed by atoms with E-state index in [0.717, 1.165) is 11.3 Å². The van der Waals surface area contributed by atoms with Crippen molar-refractivity contribution in [1.82, 2.24) is 15.2 Å². The van der Waals surface area contributed by atoms with Crippen LogP contribution in [-0.4, -0.2) is 21.1 Å². The number of carbonyl (C=O) groups excluding carboxylic acids is 1. The van der Waals surface area contributed by atoms with Gasteiger partial charge in [-0.25, -0.2) is 0 Å². The SMILES string of the molecule is O=C(Nc1cn[nH]c1)c1ccc(-c2ccccn2)cc1. The smallest absolute Gasteiger partial charge is 0.255 e. The van der Waals surface area contributed by atoms with Crippen molar-refractivity contribution < 1.29 is 4.79 Å². The minimum absolute atomic E-state index is 0.168. The predicted octanol–water partition coefficient (Wildman–Crippen LogP) is 2.72. The minimum atomic E-state index is -0.168. The number of benzene rings is 1. The number of nitrogens with zero attached hydrogens (tertiary/aromatic N) is 2. The van der Waals surface area contributed by atoms with E-state index in [2.05, 4.69) is 20.5 Å². The molecule has 0 saturated heterocycles. The molecule has 2 aromatic heterocycles. The van der Waals surface area contributed by atoms with Crippen molar-refractivity contribution in [2.24, 2.45) is 0 Å². The van der Waals surface area contributed by atoms with Crippen molar-refractivity contribution in [3.05, 3.63) is 66.6 Å². The molecule has 3 rings (SSSR count). The molecule has 0 aliphatic carbocycles. The number of aromatic nitrogens is 3. The molecule has 2 N–H and O–H groups in total. The molecule has 0 radical (unpaired) electrons. The molecule has 2 heterocycles. The first kappa shape index (κ1) is 12.1. The van der Waals surface area contributed by atoms with Crippen LogP contribution in [0.15, 0.2) is 61.1 Å². The molecule has 0 saturated carbocycles. The van der Waals surface area contributed by atoms with Crippen LogP contribution < -0.4 is 5.32 Å². The van der Waals surface area contributed by atoms with Crippen LogP contribution in [0, 0.1) is 0 Å². The van der Waals surface area contributed by atoms with Crippen LogP contribution >= 0.6 is 0 Å². The lowest BCUT2D eigenvalue weighted by atomic mass is 10.1. The van der Waals surface area contributed by atoms with Gasteiger partial charge in [-0.05, 0) is 24.3 Å². The summed E-state index contributed by atoms with van der Waals surface area (Å²) in [5.74, 6) is -0.168. The van der Waals surface area contributed by atoms with E-state index in [4.69, 9.17) is 0 Å². The number of carbonyl (C=O) groups is 1. The van der Waals surface area contributed by atoms with Gasteiger partial charge in [0.15, 0.2) is 0 Å². The largest absolute Gasteiger partial charge is 0.319 e. The second-order valence-electron chi connectivity index (χ2n) is 4.23. The first-order chi connectivity index (χ1) is 9.83. The molecular formula is C15H12N4O. The van der Waals surface area contributed by atoms with Gasteiger partial charge in [-0.1, -0.05) is 18.2 Å². The van der Waals surface area contributed by atoms with Crippen molar-refractivity contribution >= 4 is 11.6 Å². The second kappa shape index (κ2) is 5.36. The summed E-state index contributed by atoms with van der Waals surface area (Å²) in [6.07, 6.45) is 4.93. The Morgan fingerprint density at radius 1 is 1.10 bits per heavy atom. The summed E-state index contributed by atoms with van der Waals surface area (Å²) in [5, 5.41) is 9.17. The van der Waals surface area contributed by atoms with Crippen LogP contribution in [0.25, 0.3) is 11.3 Å². The number of amides is 1. The van der Waals surface area contributed by atoms with Gasteiger partial charge in [0.25, 0.3) is 5.91 Å². The Labute approximate surface area is 115 Å². The summed E-state index contributed by atoms with van der Waals surface area (Å²) in [4.78, 5) is 16.3. The van der Waals surface area contributed by atoms with Crippen molar-refractivity contribution in [2.45, 2.75) is 0 Å². The lowest BCUT2D eigenvalue weighted by molar-refractivity contribution is 0.102. The third kappa shape index (κ3) is 2.56. The molecule has 20 heavy (non-hydrogen) atoms. The molecule has 1 aromatic carbocycles. The third-order valence-corrected chi connectivity index (χ3v) is 2.86. The normalized spacial score (nSPS) is 10.2. The maximum atomic E-state index is 12.0. The van der Waals surface area contributed by atoms with Crippen LogP contribution in [0.4, 0.5) is 5.69 Å². The molecule has 3 aromatic rings. The molecule has 0 unspecified atom stereocenters. The molecule has 98 valence electrons. The average Bonchev–Trinajstić information content (AvgIpc) is 3.01. The Bertz CT molecular complexity index is 691. The van der Waals surface area contributed by atoms with E-state index in [1.807, 2.05) is 30.3 Å². The molecule has 5 nitrogen and oxygen atoms in total. The number of rotatable bonds is 3. The number of pyridine rings is 1. The van der Waals surface area contributed by atoms with Crippen LogP contribution in [0.3, 0.4) is 0 Å². The highest BCUT2D eigenvalue weighted by Gasteiger charge is 2.07. The minimum Gasteiger partial charge on any atom is -0.319 e. The summed E-state index contributed by atoms with van der Waals surface area (Å²) >= 11 is 0. The fourth-order valence-corrected chi connectivity index (χ4v) is 1.85. The summed E-state index contributed by atoms with van der Waals surface area (Å²) in [7, 11) is 0. The number of nitrogens with one attached hydrogen (secondary N) is 2. The fourth-order valence-electron chi connectivity index (χ4n) is 1.85. The van der Waals surface area contributed by atoms with E-state index in [-0.39, 0.29) is 5.91 Å². The maximum absolute atomic E-state index is 12.0. The first-order valence-electron chi connectivity index (χ1n) is 6.14. The third-order valence-electron chi connectivity index (χ3n) is 2.86. The Morgan fingerprint density at radius 3 is 2.60 bits per heavy atom. The molecule has 0 fully saturated rings. The van der Waals surface area contributed by atoms with Gasteiger partial charge in [-0.15, -0.1) is 0 Å². The number of hydrogen-bond acceptors (Lipinski definition) is 3. The zero-order valence-electron chi connectivity index (χ0n) is 10.6. The van der Waals surface area contributed by atoms with Gasteiger partial charge < -0.3 is 5.32 Å². The molecule has 1 amide bonds. The van der Waals surface area contributed by atoms with Gasteiger partial charge in [-0.3, -0.25) is 14.9 Å². The lowest BCUT2D eigenvalue weighted by Gasteiger charge is -2.04. The van der Waals surface area contributed by atoms with Gasteiger partial charge in [0.05, 0.1) is 17.6 Å². The number of aromatic amines is 1. The van der Waals surface area contributed by atoms with Gasteiger partial charge in [0, 0.05) is 23.5 Å². The second-order valence-corrected chi connectivity index (χ2v) is 4.23. The van der Waals surface area contributed by atoms with Crippen molar-refractivity contribution in [1.29, 1.82) is 0 Å². The van der Waals surface area contributed by atoms with Gasteiger partial charge in [0.2, 0.25) is 0 Å². The fraction of sp³-hybridized carbons (Fsp3) is 0. The van der Waals surface area contributed by atoms with Crippen LogP contribution in [0.1, 0.15) is 10.4 Å². The predicted molar refractivity (Wildman–Crippen MR) is 76.2 cm³/mol. The van der Waals surface area contributed by atoms with E-state index < -0.39 is 0 Å². The van der Waals surface area contributed by atoms with Gasteiger partial charge in [0.1, 0.15) is 0 Å². The number of hydrogen-bond donors (Lipinski definition) is 2. The zero-order chi connectivity index (χ0) is 13.8. The first-order valence-corrected chi connectivity index (χ1v) is 6.14. The summed E-state index contributed by atoms with van der Waals surface area (Å²) in [6.45, 7) is 0. The molecular weight excluding hydrogens is 252 g/mol. The quantitative estimate of drug-likeness (QED) is 0.764. The van der Waals surface area contributed by atoms with Crippen molar-refractivity contribution in [3.63, 3.8) is 0 Å². The van der Waals surface area contributed by atoms with E-state index in [9.17, 15) is 4.79 Å². The summed E-state index contributed by atoms with van der Waals surface area (Å²) in [5.41, 5.74) is 3.09. The van der Waals surface area contributed by atoms with Crippen LogP contribution in [0.2, 0.25) is 0 Å². The highest BCUT2D eigenvalue weighted by Crippen LogP contribution is 2.17. The molecule has 0 aliphatic rings.